The maximum absolute atomic E-state index is 11.5. The van der Waals surface area contributed by atoms with Crippen LogP contribution in [0.3, 0.4) is 0 Å². The number of pyridine rings is 1. The van der Waals surface area contributed by atoms with E-state index in [1.54, 1.807) is 6.20 Å². The van der Waals surface area contributed by atoms with Crippen molar-refractivity contribution in [3.63, 3.8) is 0 Å². The van der Waals surface area contributed by atoms with E-state index in [0.717, 1.165) is 24.1 Å². The average molecular weight is 220 g/mol. The van der Waals surface area contributed by atoms with E-state index in [1.807, 2.05) is 19.1 Å². The number of hydrogen-bond acceptors (Lipinski definition) is 4. The highest BCUT2D eigenvalue weighted by Crippen LogP contribution is 2.50. The van der Waals surface area contributed by atoms with Crippen LogP contribution in [-0.4, -0.2) is 24.1 Å². The lowest BCUT2D eigenvalue weighted by Crippen LogP contribution is -2.43. The molecule has 0 spiro atoms. The van der Waals surface area contributed by atoms with Crippen LogP contribution in [0.5, 0.6) is 0 Å². The Morgan fingerprint density at radius 2 is 2.31 bits per heavy atom. The molecule has 0 aromatic carbocycles. The number of aromatic nitrogens is 1. The minimum atomic E-state index is -0.605. The van der Waals surface area contributed by atoms with Crippen LogP contribution >= 0.6 is 0 Å². The summed E-state index contributed by atoms with van der Waals surface area (Å²) in [4.78, 5) is 15.9. The fourth-order valence-electron chi connectivity index (χ4n) is 2.19. The molecule has 0 amide bonds. The molecule has 0 radical (unpaired) electrons. The second-order valence-corrected chi connectivity index (χ2v) is 4.33. The number of hydrogen-bond donors (Lipinski definition) is 1. The van der Waals surface area contributed by atoms with Gasteiger partial charge < -0.3 is 10.5 Å². The molecular formula is C12H16N2O2. The van der Waals surface area contributed by atoms with Crippen molar-refractivity contribution in [3.8, 4) is 0 Å². The zero-order valence-electron chi connectivity index (χ0n) is 9.56. The first-order valence-electron chi connectivity index (χ1n) is 5.37. The first-order chi connectivity index (χ1) is 7.62. The first-order valence-corrected chi connectivity index (χ1v) is 5.37. The van der Waals surface area contributed by atoms with Crippen LogP contribution in [0.25, 0.3) is 0 Å². The fourth-order valence-corrected chi connectivity index (χ4v) is 2.19. The number of methoxy groups -OCH3 is 1. The zero-order chi connectivity index (χ0) is 11.8. The highest BCUT2D eigenvalue weighted by Gasteiger charge is 2.54. The van der Waals surface area contributed by atoms with E-state index < -0.39 is 6.04 Å². The van der Waals surface area contributed by atoms with Crippen LogP contribution in [0.15, 0.2) is 18.3 Å². The predicted molar refractivity (Wildman–Crippen MR) is 59.9 cm³/mol. The molecule has 86 valence electrons. The lowest BCUT2D eigenvalue weighted by molar-refractivity contribution is -0.143. The van der Waals surface area contributed by atoms with E-state index in [4.69, 9.17) is 10.5 Å². The van der Waals surface area contributed by atoms with Crippen LogP contribution in [0.2, 0.25) is 0 Å². The topological polar surface area (TPSA) is 65.2 Å². The smallest absolute Gasteiger partial charge is 0.323 e. The van der Waals surface area contributed by atoms with Crippen molar-refractivity contribution in [1.29, 1.82) is 0 Å². The van der Waals surface area contributed by atoms with Crippen molar-refractivity contribution in [3.05, 3.63) is 29.6 Å². The lowest BCUT2D eigenvalue weighted by atomic mass is 9.90. The minimum absolute atomic E-state index is 0.293. The number of ether oxygens (including phenoxy) is 1. The molecule has 1 unspecified atom stereocenters. The standard InChI is InChI=1S/C12H16N2O2/c1-8-4-3-7-14-10(8)12(5-6-12)9(13)11(15)16-2/h3-4,7,9H,5-6,13H2,1-2H3. The van der Waals surface area contributed by atoms with Gasteiger partial charge in [0.05, 0.1) is 12.8 Å². The van der Waals surface area contributed by atoms with Gasteiger partial charge in [0, 0.05) is 11.6 Å². The molecule has 1 aliphatic rings. The van der Waals surface area contributed by atoms with Crippen LogP contribution in [-0.2, 0) is 14.9 Å². The van der Waals surface area contributed by atoms with Crippen molar-refractivity contribution in [1.82, 2.24) is 4.98 Å². The van der Waals surface area contributed by atoms with Crippen molar-refractivity contribution >= 4 is 5.97 Å². The number of aryl methyl sites for hydroxylation is 1. The van der Waals surface area contributed by atoms with Crippen LogP contribution < -0.4 is 5.73 Å². The SMILES string of the molecule is COC(=O)C(N)C1(c2ncccc2C)CC1. The molecule has 1 aliphatic carbocycles. The summed E-state index contributed by atoms with van der Waals surface area (Å²) in [6.45, 7) is 1.99. The number of carbonyl (C=O) groups is 1. The van der Waals surface area contributed by atoms with Crippen molar-refractivity contribution in [2.75, 3.05) is 7.11 Å². The second kappa shape index (κ2) is 3.87. The van der Waals surface area contributed by atoms with Gasteiger partial charge in [-0.25, -0.2) is 0 Å². The van der Waals surface area contributed by atoms with Gasteiger partial charge in [-0.3, -0.25) is 9.78 Å². The van der Waals surface area contributed by atoms with E-state index in [-0.39, 0.29) is 11.4 Å². The number of esters is 1. The van der Waals surface area contributed by atoms with Gasteiger partial charge in [0.15, 0.2) is 0 Å². The van der Waals surface area contributed by atoms with Crippen molar-refractivity contribution in [2.45, 2.75) is 31.2 Å². The third-order valence-corrected chi connectivity index (χ3v) is 3.32. The second-order valence-electron chi connectivity index (χ2n) is 4.33. The number of carbonyl (C=O) groups excluding carboxylic acids is 1. The van der Waals surface area contributed by atoms with Gasteiger partial charge in [0.25, 0.3) is 0 Å². The largest absolute Gasteiger partial charge is 0.468 e. The summed E-state index contributed by atoms with van der Waals surface area (Å²) in [7, 11) is 1.36. The fraction of sp³-hybridized carbons (Fsp3) is 0.500. The summed E-state index contributed by atoms with van der Waals surface area (Å²) in [6, 6.07) is 3.27. The molecule has 16 heavy (non-hydrogen) atoms. The van der Waals surface area contributed by atoms with Crippen LogP contribution in [0.4, 0.5) is 0 Å². The molecule has 0 bridgehead atoms. The van der Waals surface area contributed by atoms with Crippen LogP contribution in [0.1, 0.15) is 24.1 Å². The molecule has 1 fully saturated rings. The van der Waals surface area contributed by atoms with Gasteiger partial charge in [-0.2, -0.15) is 0 Å². The van der Waals surface area contributed by atoms with Gasteiger partial charge in [-0.1, -0.05) is 6.07 Å². The predicted octanol–water partition coefficient (Wildman–Crippen LogP) is 0.922. The molecule has 1 aromatic heterocycles. The Hall–Kier alpha value is -1.42. The minimum Gasteiger partial charge on any atom is -0.468 e. The van der Waals surface area contributed by atoms with Gasteiger partial charge in [0.1, 0.15) is 6.04 Å². The molecular weight excluding hydrogens is 204 g/mol. The normalized spacial score (nSPS) is 18.9. The Morgan fingerprint density at radius 3 is 2.81 bits per heavy atom. The van der Waals surface area contributed by atoms with E-state index in [2.05, 4.69) is 4.98 Å². The Bertz CT molecular complexity index is 413. The third-order valence-electron chi connectivity index (χ3n) is 3.32. The summed E-state index contributed by atoms with van der Waals surface area (Å²) in [6.07, 6.45) is 3.55. The van der Waals surface area contributed by atoms with Gasteiger partial charge in [0.2, 0.25) is 0 Å². The van der Waals surface area contributed by atoms with Crippen LogP contribution in [0, 0.1) is 6.92 Å². The first kappa shape index (κ1) is 11.1. The maximum Gasteiger partial charge on any atom is 0.323 e. The van der Waals surface area contributed by atoms with E-state index >= 15 is 0 Å². The summed E-state index contributed by atoms with van der Waals surface area (Å²) in [5.74, 6) is -0.359. The molecule has 1 aromatic rings. The highest BCUT2D eigenvalue weighted by atomic mass is 16.5. The van der Waals surface area contributed by atoms with Gasteiger partial charge >= 0.3 is 5.97 Å². The molecule has 1 heterocycles. The lowest BCUT2D eigenvalue weighted by Gasteiger charge is -2.22. The van der Waals surface area contributed by atoms with Gasteiger partial charge in [-0.15, -0.1) is 0 Å². The molecule has 4 heteroatoms. The Kier molecular flexibility index (Phi) is 2.68. The van der Waals surface area contributed by atoms with E-state index in [9.17, 15) is 4.79 Å². The summed E-state index contributed by atoms with van der Waals surface area (Å²) in [5, 5.41) is 0. The molecule has 2 rings (SSSR count). The summed E-state index contributed by atoms with van der Waals surface area (Å²) < 4.78 is 4.71. The zero-order valence-corrected chi connectivity index (χ0v) is 9.56. The number of rotatable bonds is 3. The average Bonchev–Trinajstić information content (AvgIpc) is 3.09. The quantitative estimate of drug-likeness (QED) is 0.769. The molecule has 2 N–H and O–H groups in total. The summed E-state index contributed by atoms with van der Waals surface area (Å²) >= 11 is 0. The Labute approximate surface area is 94.8 Å². The van der Waals surface area contributed by atoms with Crippen molar-refractivity contribution in [2.24, 2.45) is 5.73 Å². The maximum atomic E-state index is 11.5. The molecule has 1 saturated carbocycles. The molecule has 4 nitrogen and oxygen atoms in total. The summed E-state index contributed by atoms with van der Waals surface area (Å²) in [5.41, 5.74) is 7.68. The monoisotopic (exact) mass is 220 g/mol. The molecule has 0 saturated heterocycles. The van der Waals surface area contributed by atoms with Crippen molar-refractivity contribution < 1.29 is 9.53 Å². The Morgan fingerprint density at radius 1 is 1.62 bits per heavy atom. The van der Waals surface area contributed by atoms with E-state index in [1.165, 1.54) is 7.11 Å². The van der Waals surface area contributed by atoms with Gasteiger partial charge in [-0.05, 0) is 31.4 Å². The molecule has 1 atom stereocenters. The van der Waals surface area contributed by atoms with E-state index in [0.29, 0.717) is 0 Å². The molecule has 0 aliphatic heterocycles. The highest BCUT2D eigenvalue weighted by molar-refractivity contribution is 5.78. The Balaban J connectivity index is 2.33. The number of nitrogens with two attached hydrogens (primary N) is 1. The number of nitrogens with zero attached hydrogens (tertiary/aromatic N) is 1. The third kappa shape index (κ3) is 1.59.